The van der Waals surface area contributed by atoms with Crippen molar-refractivity contribution in [2.24, 2.45) is 5.73 Å². The van der Waals surface area contributed by atoms with Gasteiger partial charge in [-0.25, -0.2) is 4.57 Å². The number of unbranched alkanes of at least 4 members (excludes halogenated alkanes) is 18. The monoisotopic (exact) mass is 824 g/mol. The van der Waals surface area contributed by atoms with Crippen LogP contribution >= 0.6 is 7.82 Å². The van der Waals surface area contributed by atoms with Gasteiger partial charge in [0.05, 0.1) is 19.8 Å². The summed E-state index contributed by atoms with van der Waals surface area (Å²) in [5, 5.41) is 8.90. The second kappa shape index (κ2) is 41.8. The summed E-state index contributed by atoms with van der Waals surface area (Å²) in [4.78, 5) is 33.5. The van der Waals surface area contributed by atoms with Crippen molar-refractivity contribution in [3.8, 4) is 0 Å². The van der Waals surface area contributed by atoms with Crippen LogP contribution in [-0.4, -0.2) is 60.5 Å². The molecule has 0 radical (unpaired) electrons. The number of carbonyl (C=O) groups is 2. The number of hydrogen-bond donors (Lipinski definition) is 3. The highest BCUT2D eigenvalue weighted by atomic mass is 31.2. The number of phosphoric ester groups is 1. The van der Waals surface area contributed by atoms with Crippen molar-refractivity contribution >= 4 is 19.8 Å². The highest BCUT2D eigenvalue weighted by Gasteiger charge is 2.27. The summed E-state index contributed by atoms with van der Waals surface area (Å²) in [5.41, 5.74) is 5.36. The molecule has 0 aliphatic rings. The van der Waals surface area contributed by atoms with Crippen LogP contribution in [0.3, 0.4) is 0 Å². The lowest BCUT2D eigenvalue weighted by Crippen LogP contribution is -2.34. The van der Waals surface area contributed by atoms with Crippen molar-refractivity contribution in [2.75, 3.05) is 26.4 Å². The molecule has 0 aliphatic carbocycles. The molecule has 0 rings (SSSR count). The number of esters is 1. The van der Waals surface area contributed by atoms with E-state index in [0.717, 1.165) is 77.0 Å². The van der Waals surface area contributed by atoms with Gasteiger partial charge in [-0.05, 0) is 77.0 Å². The van der Waals surface area contributed by atoms with Gasteiger partial charge in [0, 0.05) is 13.0 Å². The predicted molar refractivity (Wildman–Crippen MR) is 235 cm³/mol. The van der Waals surface area contributed by atoms with Gasteiger partial charge in [0.1, 0.15) is 12.1 Å². The molecule has 0 aromatic carbocycles. The number of aliphatic carboxylic acids is 1. The van der Waals surface area contributed by atoms with Crippen LogP contribution in [0.15, 0.2) is 60.8 Å². The molecule has 57 heavy (non-hydrogen) atoms. The third-order valence-corrected chi connectivity index (χ3v) is 10.2. The van der Waals surface area contributed by atoms with E-state index in [4.69, 9.17) is 29.4 Å². The lowest BCUT2D eigenvalue weighted by molar-refractivity contribution is -0.154. The first-order valence-electron chi connectivity index (χ1n) is 22.3. The van der Waals surface area contributed by atoms with E-state index in [9.17, 15) is 19.0 Å². The summed E-state index contributed by atoms with van der Waals surface area (Å²) in [6, 6.07) is -1.48. The molecular formula is C46H82NO9P. The van der Waals surface area contributed by atoms with E-state index in [1.54, 1.807) is 0 Å². The first-order valence-corrected chi connectivity index (χ1v) is 23.8. The van der Waals surface area contributed by atoms with Crippen molar-refractivity contribution in [1.82, 2.24) is 0 Å². The van der Waals surface area contributed by atoms with Crippen LogP contribution in [0.5, 0.6) is 0 Å². The molecule has 0 aromatic rings. The van der Waals surface area contributed by atoms with Crippen molar-refractivity contribution in [3.63, 3.8) is 0 Å². The molecule has 10 nitrogen and oxygen atoms in total. The fourth-order valence-electron chi connectivity index (χ4n) is 5.82. The molecule has 3 atom stereocenters. The van der Waals surface area contributed by atoms with E-state index in [-0.39, 0.29) is 13.0 Å². The van der Waals surface area contributed by atoms with Gasteiger partial charge in [0.15, 0.2) is 0 Å². The maximum Gasteiger partial charge on any atom is 0.472 e. The molecule has 0 spiro atoms. The van der Waals surface area contributed by atoms with Crippen LogP contribution in [-0.2, 0) is 32.7 Å². The third kappa shape index (κ3) is 41.6. The van der Waals surface area contributed by atoms with E-state index in [2.05, 4.69) is 74.6 Å². The summed E-state index contributed by atoms with van der Waals surface area (Å²) in [5.74, 6) is -1.80. The highest BCUT2D eigenvalue weighted by Crippen LogP contribution is 2.43. The van der Waals surface area contributed by atoms with Gasteiger partial charge in [-0.15, -0.1) is 0 Å². The van der Waals surface area contributed by atoms with E-state index in [0.29, 0.717) is 13.0 Å². The molecule has 0 saturated carbocycles. The summed E-state index contributed by atoms with van der Waals surface area (Å²) >= 11 is 0. The van der Waals surface area contributed by atoms with Gasteiger partial charge >= 0.3 is 19.8 Å². The highest BCUT2D eigenvalue weighted by molar-refractivity contribution is 7.47. The zero-order chi connectivity index (χ0) is 41.9. The molecule has 0 amide bonds. The lowest BCUT2D eigenvalue weighted by atomic mass is 10.1. The minimum absolute atomic E-state index is 0.00551. The molecule has 11 heteroatoms. The molecule has 0 aromatic heterocycles. The summed E-state index contributed by atoms with van der Waals surface area (Å²) in [7, 11) is -4.62. The number of rotatable bonds is 42. The Morgan fingerprint density at radius 3 is 1.53 bits per heavy atom. The summed E-state index contributed by atoms with van der Waals surface area (Å²) < 4.78 is 33.4. The van der Waals surface area contributed by atoms with Gasteiger partial charge in [0.25, 0.3) is 0 Å². The standard InChI is InChI=1S/C46H82NO9P/c1-3-5-7-9-11-13-15-17-19-20-21-22-23-25-27-29-31-33-35-37-39-53-40-43(41-54-57(51,52)55-42-44(47)46(49)50)56-45(48)38-36-34-32-30-28-26-24-18-16-14-12-10-8-6-4-2/h6,8,11-14,17-19,24,43-44H,3-5,7,9-10,15-16,20-23,25-42,47H2,1-2H3,(H,49,50)(H,51,52)/b8-6-,13-11-,14-12-,19-17-,24-18-. The van der Waals surface area contributed by atoms with Crippen LogP contribution in [0.1, 0.15) is 181 Å². The third-order valence-electron chi connectivity index (χ3n) is 9.28. The van der Waals surface area contributed by atoms with Gasteiger partial charge in [-0.3, -0.25) is 18.6 Å². The van der Waals surface area contributed by atoms with Gasteiger partial charge in [0.2, 0.25) is 0 Å². The molecule has 0 fully saturated rings. The molecule has 4 N–H and O–H groups in total. The number of allylic oxidation sites excluding steroid dienone is 10. The average molecular weight is 824 g/mol. The Morgan fingerprint density at radius 2 is 1.02 bits per heavy atom. The Bertz CT molecular complexity index is 1140. The van der Waals surface area contributed by atoms with Crippen molar-refractivity contribution in [1.29, 1.82) is 0 Å². The van der Waals surface area contributed by atoms with Crippen LogP contribution in [0.4, 0.5) is 0 Å². The summed E-state index contributed by atoms with van der Waals surface area (Å²) in [6.45, 7) is 3.71. The minimum atomic E-state index is -4.62. The number of carboxylic acids is 1. The number of phosphoric acid groups is 1. The SMILES string of the molecule is CC/C=C\C/C=C\C/C=C\CCCCCCCC(=O)OC(COCCCCCCCCCCCC/C=C\C/C=C\CCCCC)COP(=O)(O)OCC(N)C(=O)O. The predicted octanol–water partition coefficient (Wildman–Crippen LogP) is 12.4. The van der Waals surface area contributed by atoms with Crippen molar-refractivity contribution in [2.45, 2.75) is 193 Å². The van der Waals surface area contributed by atoms with E-state index in [1.807, 2.05) is 0 Å². The van der Waals surface area contributed by atoms with E-state index >= 15 is 0 Å². The maximum absolute atomic E-state index is 12.6. The molecule has 0 bridgehead atoms. The van der Waals surface area contributed by atoms with E-state index in [1.165, 1.54) is 77.0 Å². The zero-order valence-electron chi connectivity index (χ0n) is 35.9. The smallest absolute Gasteiger partial charge is 0.472 e. The maximum atomic E-state index is 12.6. The van der Waals surface area contributed by atoms with Gasteiger partial charge in [-0.1, -0.05) is 158 Å². The molecule has 3 unspecified atom stereocenters. The van der Waals surface area contributed by atoms with Crippen LogP contribution in [0.25, 0.3) is 0 Å². The number of nitrogens with two attached hydrogens (primary N) is 1. The Kier molecular flexibility index (Phi) is 40.1. The van der Waals surface area contributed by atoms with Gasteiger partial charge in [-0.2, -0.15) is 0 Å². The number of carboxylic acid groups (broad SMARTS) is 1. The fourth-order valence-corrected chi connectivity index (χ4v) is 6.60. The second-order valence-corrected chi connectivity index (χ2v) is 16.2. The number of hydrogen-bond acceptors (Lipinski definition) is 8. The second-order valence-electron chi connectivity index (χ2n) is 14.8. The Balaban J connectivity index is 4.23. The number of carbonyl (C=O) groups excluding carboxylic acids is 1. The van der Waals surface area contributed by atoms with Gasteiger partial charge < -0.3 is 25.2 Å². The normalized spacial score (nSPS) is 14.5. The van der Waals surface area contributed by atoms with Crippen molar-refractivity contribution < 1.29 is 42.7 Å². The fraction of sp³-hybridized carbons (Fsp3) is 0.739. The molecule has 0 aliphatic heterocycles. The molecule has 0 heterocycles. The molecule has 0 saturated heterocycles. The largest absolute Gasteiger partial charge is 0.480 e. The molecular weight excluding hydrogens is 741 g/mol. The van der Waals surface area contributed by atoms with E-state index < -0.39 is 45.1 Å². The Labute approximate surface area is 347 Å². The topological polar surface area (TPSA) is 155 Å². The van der Waals surface area contributed by atoms with Crippen LogP contribution in [0.2, 0.25) is 0 Å². The first kappa shape index (κ1) is 54.7. The lowest BCUT2D eigenvalue weighted by Gasteiger charge is -2.20. The Morgan fingerprint density at radius 1 is 0.579 bits per heavy atom. The summed E-state index contributed by atoms with van der Waals surface area (Å²) in [6.07, 6.45) is 49.8. The van der Waals surface area contributed by atoms with Crippen molar-refractivity contribution in [3.05, 3.63) is 60.8 Å². The molecule has 330 valence electrons. The average Bonchev–Trinajstić information content (AvgIpc) is 3.19. The zero-order valence-corrected chi connectivity index (χ0v) is 36.8. The minimum Gasteiger partial charge on any atom is -0.480 e. The van der Waals surface area contributed by atoms with Crippen LogP contribution < -0.4 is 5.73 Å². The quantitative estimate of drug-likeness (QED) is 0.0234. The Hall–Kier alpha value is -2.33. The first-order chi connectivity index (χ1) is 27.7. The number of ether oxygens (including phenoxy) is 2. The van der Waals surface area contributed by atoms with Crippen LogP contribution in [0, 0.1) is 0 Å².